The molecule has 0 aliphatic rings. The highest BCUT2D eigenvalue weighted by Crippen LogP contribution is 2.13. The molecule has 0 aliphatic carbocycles. The number of sulfonamides is 1. The summed E-state index contributed by atoms with van der Waals surface area (Å²) in [7, 11) is -3.46. The van der Waals surface area contributed by atoms with Crippen LogP contribution in [0.15, 0.2) is 29.2 Å². The summed E-state index contributed by atoms with van der Waals surface area (Å²) in [6.07, 6.45) is 4.62. The fourth-order valence-electron chi connectivity index (χ4n) is 2.08. The van der Waals surface area contributed by atoms with E-state index in [4.69, 9.17) is 18.0 Å². The Kier molecular flexibility index (Phi) is 7.28. The van der Waals surface area contributed by atoms with Gasteiger partial charge in [0.15, 0.2) is 0 Å². The number of hydrogen-bond acceptors (Lipinski definition) is 3. The Morgan fingerprint density at radius 1 is 1.29 bits per heavy atom. The molecule has 0 fully saturated rings. The van der Waals surface area contributed by atoms with Crippen molar-refractivity contribution in [1.29, 1.82) is 0 Å². The van der Waals surface area contributed by atoms with Crippen molar-refractivity contribution in [2.24, 2.45) is 5.73 Å². The van der Waals surface area contributed by atoms with Crippen molar-refractivity contribution in [3.8, 4) is 0 Å². The maximum absolute atomic E-state index is 12.2. The van der Waals surface area contributed by atoms with Crippen molar-refractivity contribution < 1.29 is 8.42 Å². The van der Waals surface area contributed by atoms with Crippen LogP contribution in [0.4, 0.5) is 0 Å². The monoisotopic (exact) mass is 328 g/mol. The summed E-state index contributed by atoms with van der Waals surface area (Å²) >= 11 is 4.84. The van der Waals surface area contributed by atoms with Crippen molar-refractivity contribution in [3.63, 3.8) is 0 Å². The number of thiocarbonyl (C=S) groups is 1. The molecule has 0 saturated carbocycles. The maximum Gasteiger partial charge on any atom is 0.240 e. The van der Waals surface area contributed by atoms with E-state index in [-0.39, 0.29) is 10.9 Å². The molecular formula is C15H24N2O2S2. The van der Waals surface area contributed by atoms with Crippen LogP contribution in [0.1, 0.15) is 45.1 Å². The van der Waals surface area contributed by atoms with Crippen molar-refractivity contribution in [2.75, 3.05) is 0 Å². The minimum Gasteiger partial charge on any atom is -0.393 e. The molecule has 1 atom stereocenters. The summed E-state index contributed by atoms with van der Waals surface area (Å²) in [5.41, 5.74) is 6.39. The Hall–Kier alpha value is -0.980. The molecule has 1 rings (SSSR count). The first kappa shape index (κ1) is 18.1. The van der Waals surface area contributed by atoms with Crippen LogP contribution >= 0.6 is 12.2 Å². The molecular weight excluding hydrogens is 304 g/mol. The zero-order valence-electron chi connectivity index (χ0n) is 12.6. The van der Waals surface area contributed by atoms with Crippen LogP contribution in [0, 0.1) is 0 Å². The zero-order chi connectivity index (χ0) is 15.9. The van der Waals surface area contributed by atoms with E-state index in [9.17, 15) is 8.42 Å². The predicted molar refractivity (Wildman–Crippen MR) is 90.9 cm³/mol. The Morgan fingerprint density at radius 2 is 1.90 bits per heavy atom. The number of rotatable bonds is 9. The van der Waals surface area contributed by atoms with Gasteiger partial charge in [-0.15, -0.1) is 0 Å². The number of benzene rings is 1. The van der Waals surface area contributed by atoms with Crippen LogP contribution in [0.5, 0.6) is 0 Å². The second-order valence-corrected chi connectivity index (χ2v) is 7.54. The third kappa shape index (κ3) is 6.54. The molecule has 6 heteroatoms. The standard InChI is InChI=1S/C15H24N2O2S2/c1-3-4-5-6-12(2)17-21(18,19)14-9-7-13(8-10-14)11-15(16)20/h7-10,12,17H,3-6,11H2,1-2H3,(H2,16,20). The first-order valence-electron chi connectivity index (χ1n) is 7.24. The van der Waals surface area contributed by atoms with Gasteiger partial charge in [0.1, 0.15) is 0 Å². The molecule has 3 N–H and O–H groups in total. The molecule has 0 aliphatic heterocycles. The second-order valence-electron chi connectivity index (χ2n) is 5.31. The summed E-state index contributed by atoms with van der Waals surface area (Å²) in [5.74, 6) is 0. The van der Waals surface area contributed by atoms with Crippen LogP contribution in [0.2, 0.25) is 0 Å². The van der Waals surface area contributed by atoms with Gasteiger partial charge >= 0.3 is 0 Å². The summed E-state index contributed by atoms with van der Waals surface area (Å²) < 4.78 is 27.2. The number of hydrogen-bond donors (Lipinski definition) is 2. The number of nitrogens with two attached hydrogens (primary N) is 1. The molecule has 0 amide bonds. The van der Waals surface area contributed by atoms with Crippen LogP contribution < -0.4 is 10.5 Å². The van der Waals surface area contributed by atoms with E-state index in [1.54, 1.807) is 24.3 Å². The molecule has 118 valence electrons. The molecule has 0 saturated heterocycles. The smallest absolute Gasteiger partial charge is 0.240 e. The Balaban J connectivity index is 2.67. The summed E-state index contributed by atoms with van der Waals surface area (Å²) in [5, 5.41) is 0. The minimum absolute atomic E-state index is 0.0575. The third-order valence-electron chi connectivity index (χ3n) is 3.21. The Labute approximate surface area is 133 Å². The largest absolute Gasteiger partial charge is 0.393 e. The van der Waals surface area contributed by atoms with E-state index < -0.39 is 10.0 Å². The van der Waals surface area contributed by atoms with E-state index in [2.05, 4.69) is 11.6 Å². The Morgan fingerprint density at radius 3 is 2.43 bits per heavy atom. The molecule has 21 heavy (non-hydrogen) atoms. The van der Waals surface area contributed by atoms with Gasteiger partial charge in [-0.05, 0) is 31.0 Å². The van der Waals surface area contributed by atoms with Gasteiger partial charge in [0, 0.05) is 12.5 Å². The van der Waals surface area contributed by atoms with Crippen LogP contribution in [-0.2, 0) is 16.4 Å². The molecule has 0 radical (unpaired) electrons. The van der Waals surface area contributed by atoms with Gasteiger partial charge < -0.3 is 5.73 Å². The molecule has 0 aromatic heterocycles. The van der Waals surface area contributed by atoms with Gasteiger partial charge in [-0.3, -0.25) is 0 Å². The predicted octanol–water partition coefficient (Wildman–Crippen LogP) is 2.76. The average molecular weight is 329 g/mol. The lowest BCUT2D eigenvalue weighted by atomic mass is 10.1. The first-order chi connectivity index (χ1) is 9.85. The van der Waals surface area contributed by atoms with E-state index in [1.165, 1.54) is 0 Å². The van der Waals surface area contributed by atoms with E-state index in [0.717, 1.165) is 31.2 Å². The van der Waals surface area contributed by atoms with Gasteiger partial charge in [-0.1, -0.05) is 50.5 Å². The Bertz CT molecular complexity index is 554. The average Bonchev–Trinajstić information content (AvgIpc) is 2.38. The summed E-state index contributed by atoms with van der Waals surface area (Å²) in [4.78, 5) is 0.671. The minimum atomic E-state index is -3.46. The zero-order valence-corrected chi connectivity index (χ0v) is 14.3. The van der Waals surface area contributed by atoms with Crippen LogP contribution in [0.25, 0.3) is 0 Å². The number of nitrogens with one attached hydrogen (secondary N) is 1. The van der Waals surface area contributed by atoms with Gasteiger partial charge in [0.2, 0.25) is 10.0 Å². The van der Waals surface area contributed by atoms with Crippen LogP contribution in [-0.4, -0.2) is 19.4 Å². The normalized spacial score (nSPS) is 13.0. The fourth-order valence-corrected chi connectivity index (χ4v) is 3.52. The topological polar surface area (TPSA) is 72.2 Å². The highest BCUT2D eigenvalue weighted by molar-refractivity contribution is 7.89. The van der Waals surface area contributed by atoms with Gasteiger partial charge in [0.25, 0.3) is 0 Å². The van der Waals surface area contributed by atoms with Gasteiger partial charge in [0.05, 0.1) is 9.88 Å². The lowest BCUT2D eigenvalue weighted by Gasteiger charge is -2.14. The molecule has 1 aromatic carbocycles. The highest BCUT2D eigenvalue weighted by atomic mass is 32.2. The van der Waals surface area contributed by atoms with Crippen LogP contribution in [0.3, 0.4) is 0 Å². The van der Waals surface area contributed by atoms with Crippen molar-refractivity contribution in [3.05, 3.63) is 29.8 Å². The van der Waals surface area contributed by atoms with Crippen molar-refractivity contribution >= 4 is 27.2 Å². The van der Waals surface area contributed by atoms with Gasteiger partial charge in [-0.2, -0.15) is 0 Å². The molecule has 0 bridgehead atoms. The third-order valence-corrected chi connectivity index (χ3v) is 4.96. The molecule has 0 spiro atoms. The second kappa shape index (κ2) is 8.46. The molecule has 1 aromatic rings. The number of unbranched alkanes of at least 4 members (excludes halogenated alkanes) is 2. The van der Waals surface area contributed by atoms with E-state index in [0.29, 0.717) is 11.4 Å². The van der Waals surface area contributed by atoms with E-state index in [1.807, 2.05) is 6.92 Å². The SMILES string of the molecule is CCCCCC(C)NS(=O)(=O)c1ccc(CC(N)=S)cc1. The summed E-state index contributed by atoms with van der Waals surface area (Å²) in [6.45, 7) is 4.03. The first-order valence-corrected chi connectivity index (χ1v) is 9.14. The van der Waals surface area contributed by atoms with Crippen molar-refractivity contribution in [2.45, 2.75) is 56.9 Å². The summed E-state index contributed by atoms with van der Waals surface area (Å²) in [6, 6.07) is 6.62. The molecule has 4 nitrogen and oxygen atoms in total. The lowest BCUT2D eigenvalue weighted by Crippen LogP contribution is -2.32. The fraction of sp³-hybridized carbons (Fsp3) is 0.533. The molecule has 1 unspecified atom stereocenters. The van der Waals surface area contributed by atoms with E-state index >= 15 is 0 Å². The lowest BCUT2D eigenvalue weighted by molar-refractivity contribution is 0.527. The van der Waals surface area contributed by atoms with Crippen molar-refractivity contribution in [1.82, 2.24) is 4.72 Å². The maximum atomic E-state index is 12.2. The van der Waals surface area contributed by atoms with Gasteiger partial charge in [-0.25, -0.2) is 13.1 Å². The molecule has 0 heterocycles. The highest BCUT2D eigenvalue weighted by Gasteiger charge is 2.16. The quantitative estimate of drug-likeness (QED) is 0.540.